The van der Waals surface area contributed by atoms with E-state index in [1.54, 1.807) is 47.3 Å². The Balaban J connectivity index is 1.70. The highest BCUT2D eigenvalue weighted by Gasteiger charge is 2.08. The summed E-state index contributed by atoms with van der Waals surface area (Å²) >= 11 is 12.0. The lowest BCUT2D eigenvalue weighted by molar-refractivity contribution is -0.114. The van der Waals surface area contributed by atoms with E-state index in [-0.39, 0.29) is 12.5 Å². The van der Waals surface area contributed by atoms with Gasteiger partial charge in [0.05, 0.1) is 17.9 Å². The van der Waals surface area contributed by atoms with Crippen LogP contribution >= 0.6 is 23.2 Å². The fourth-order valence-electron chi connectivity index (χ4n) is 2.21. The third-order valence-electron chi connectivity index (χ3n) is 3.26. The average Bonchev–Trinajstić information content (AvgIpc) is 3.07. The van der Waals surface area contributed by atoms with Crippen molar-refractivity contribution in [1.82, 2.24) is 9.78 Å². The van der Waals surface area contributed by atoms with Crippen LogP contribution in [0.4, 0.5) is 11.4 Å². The van der Waals surface area contributed by atoms with Gasteiger partial charge in [0.1, 0.15) is 0 Å². The molecule has 0 radical (unpaired) electrons. The normalized spacial score (nSPS) is 10.4. The summed E-state index contributed by atoms with van der Waals surface area (Å²) in [6, 6.07) is 14.2. The second kappa shape index (κ2) is 7.38. The van der Waals surface area contributed by atoms with Gasteiger partial charge in [-0.05, 0) is 42.5 Å². The van der Waals surface area contributed by atoms with Crippen molar-refractivity contribution in [3.63, 3.8) is 0 Å². The SMILES string of the molecule is O=C(CNc1cc(Cl)ccc1-n1cccn1)Nc1cccc(Cl)c1. The lowest BCUT2D eigenvalue weighted by Gasteiger charge is -2.13. The van der Waals surface area contributed by atoms with Crippen LogP contribution in [0.1, 0.15) is 0 Å². The summed E-state index contributed by atoms with van der Waals surface area (Å²) in [5.74, 6) is -0.191. The van der Waals surface area contributed by atoms with Gasteiger partial charge < -0.3 is 10.6 Å². The van der Waals surface area contributed by atoms with E-state index in [0.29, 0.717) is 21.4 Å². The molecule has 0 aliphatic heterocycles. The Labute approximate surface area is 149 Å². The Bertz CT molecular complexity index is 850. The molecular formula is C17H14Cl2N4O. The maximum absolute atomic E-state index is 12.1. The summed E-state index contributed by atoms with van der Waals surface area (Å²) in [5, 5.41) is 11.2. The minimum atomic E-state index is -0.191. The second-order valence-electron chi connectivity index (χ2n) is 5.02. The molecule has 0 unspecified atom stereocenters. The van der Waals surface area contributed by atoms with Crippen LogP contribution < -0.4 is 10.6 Å². The number of nitrogens with one attached hydrogen (secondary N) is 2. The van der Waals surface area contributed by atoms with E-state index in [1.807, 2.05) is 18.3 Å². The largest absolute Gasteiger partial charge is 0.374 e. The molecule has 1 aromatic heterocycles. The van der Waals surface area contributed by atoms with Crippen molar-refractivity contribution in [3.8, 4) is 5.69 Å². The summed E-state index contributed by atoms with van der Waals surface area (Å²) in [4.78, 5) is 12.1. The summed E-state index contributed by atoms with van der Waals surface area (Å²) in [7, 11) is 0. The number of amides is 1. The third kappa shape index (κ3) is 4.07. The van der Waals surface area contributed by atoms with Crippen LogP contribution in [0, 0.1) is 0 Å². The number of nitrogens with zero attached hydrogens (tertiary/aromatic N) is 2. The molecule has 0 bridgehead atoms. The minimum Gasteiger partial charge on any atom is -0.374 e. The first-order chi connectivity index (χ1) is 11.6. The summed E-state index contributed by atoms with van der Waals surface area (Å²) < 4.78 is 1.70. The number of carbonyl (C=O) groups excluding carboxylic acids is 1. The number of halogens is 2. The van der Waals surface area contributed by atoms with Gasteiger partial charge in [0, 0.05) is 28.1 Å². The van der Waals surface area contributed by atoms with E-state index < -0.39 is 0 Å². The number of anilines is 2. The molecule has 24 heavy (non-hydrogen) atoms. The molecule has 5 nitrogen and oxygen atoms in total. The van der Waals surface area contributed by atoms with Crippen molar-refractivity contribution in [1.29, 1.82) is 0 Å². The second-order valence-corrected chi connectivity index (χ2v) is 5.90. The molecule has 0 fully saturated rings. The van der Waals surface area contributed by atoms with Gasteiger partial charge in [-0.3, -0.25) is 4.79 Å². The number of carbonyl (C=O) groups is 1. The summed E-state index contributed by atoms with van der Waals surface area (Å²) in [6.07, 6.45) is 3.50. The number of hydrogen-bond donors (Lipinski definition) is 2. The van der Waals surface area contributed by atoms with Crippen LogP contribution in [-0.2, 0) is 4.79 Å². The fraction of sp³-hybridized carbons (Fsp3) is 0.0588. The fourth-order valence-corrected chi connectivity index (χ4v) is 2.57. The van der Waals surface area contributed by atoms with E-state index in [9.17, 15) is 4.79 Å². The predicted molar refractivity (Wildman–Crippen MR) is 97.1 cm³/mol. The van der Waals surface area contributed by atoms with Crippen molar-refractivity contribution < 1.29 is 4.79 Å². The van der Waals surface area contributed by atoms with Gasteiger partial charge in [-0.25, -0.2) is 4.68 Å². The van der Waals surface area contributed by atoms with Crippen molar-refractivity contribution in [2.24, 2.45) is 0 Å². The maximum atomic E-state index is 12.1. The molecule has 0 saturated carbocycles. The van der Waals surface area contributed by atoms with Gasteiger partial charge in [-0.1, -0.05) is 29.3 Å². The number of aromatic nitrogens is 2. The molecule has 1 heterocycles. The lowest BCUT2D eigenvalue weighted by Crippen LogP contribution is -2.22. The monoisotopic (exact) mass is 360 g/mol. The molecule has 2 N–H and O–H groups in total. The maximum Gasteiger partial charge on any atom is 0.243 e. The first kappa shape index (κ1) is 16.4. The van der Waals surface area contributed by atoms with Gasteiger partial charge in [0.15, 0.2) is 0 Å². The van der Waals surface area contributed by atoms with Gasteiger partial charge >= 0.3 is 0 Å². The standard InChI is InChI=1S/C17H14Cl2N4O/c18-12-3-1-4-14(9-12)22-17(24)11-20-15-10-13(19)5-6-16(15)23-8-2-7-21-23/h1-10,20H,11H2,(H,22,24). The zero-order valence-electron chi connectivity index (χ0n) is 12.5. The number of benzene rings is 2. The number of hydrogen-bond acceptors (Lipinski definition) is 3. The van der Waals surface area contributed by atoms with E-state index in [1.165, 1.54) is 0 Å². The minimum absolute atomic E-state index is 0.0844. The van der Waals surface area contributed by atoms with Crippen molar-refractivity contribution in [3.05, 3.63) is 71.0 Å². The molecule has 3 aromatic rings. The van der Waals surface area contributed by atoms with Gasteiger partial charge in [-0.2, -0.15) is 5.10 Å². The molecule has 122 valence electrons. The molecule has 3 rings (SSSR count). The Morgan fingerprint density at radius 3 is 2.67 bits per heavy atom. The van der Waals surface area contributed by atoms with Crippen LogP contribution in [0.15, 0.2) is 60.9 Å². The molecule has 2 aromatic carbocycles. The first-order valence-corrected chi connectivity index (χ1v) is 7.96. The zero-order chi connectivity index (χ0) is 16.9. The van der Waals surface area contributed by atoms with Crippen LogP contribution in [0.3, 0.4) is 0 Å². The van der Waals surface area contributed by atoms with E-state index in [4.69, 9.17) is 23.2 Å². The molecular weight excluding hydrogens is 347 g/mol. The van der Waals surface area contributed by atoms with Crippen LogP contribution in [0.5, 0.6) is 0 Å². The van der Waals surface area contributed by atoms with Crippen LogP contribution in [-0.4, -0.2) is 22.2 Å². The molecule has 0 atom stereocenters. The van der Waals surface area contributed by atoms with Crippen molar-refractivity contribution >= 4 is 40.5 Å². The molecule has 0 aliphatic rings. The Morgan fingerprint density at radius 1 is 1.08 bits per heavy atom. The summed E-state index contributed by atoms with van der Waals surface area (Å²) in [6.45, 7) is 0.0844. The quantitative estimate of drug-likeness (QED) is 0.715. The topological polar surface area (TPSA) is 59.0 Å². The molecule has 0 spiro atoms. The average molecular weight is 361 g/mol. The molecule has 0 saturated heterocycles. The Hall–Kier alpha value is -2.50. The third-order valence-corrected chi connectivity index (χ3v) is 3.73. The van der Waals surface area contributed by atoms with Crippen molar-refractivity contribution in [2.45, 2.75) is 0 Å². The van der Waals surface area contributed by atoms with Gasteiger partial charge in [-0.15, -0.1) is 0 Å². The Morgan fingerprint density at radius 2 is 1.92 bits per heavy atom. The van der Waals surface area contributed by atoms with Crippen LogP contribution in [0.25, 0.3) is 5.69 Å². The summed E-state index contributed by atoms with van der Waals surface area (Å²) in [5.41, 5.74) is 2.17. The van der Waals surface area contributed by atoms with Crippen LogP contribution in [0.2, 0.25) is 10.0 Å². The smallest absolute Gasteiger partial charge is 0.243 e. The van der Waals surface area contributed by atoms with E-state index in [0.717, 1.165) is 5.69 Å². The number of rotatable bonds is 5. The molecule has 0 aliphatic carbocycles. The van der Waals surface area contributed by atoms with Crippen molar-refractivity contribution in [2.75, 3.05) is 17.2 Å². The highest BCUT2D eigenvalue weighted by molar-refractivity contribution is 6.31. The first-order valence-electron chi connectivity index (χ1n) is 7.21. The molecule has 7 heteroatoms. The zero-order valence-corrected chi connectivity index (χ0v) is 14.1. The molecule has 1 amide bonds. The van der Waals surface area contributed by atoms with E-state index >= 15 is 0 Å². The van der Waals surface area contributed by atoms with E-state index in [2.05, 4.69) is 15.7 Å². The van der Waals surface area contributed by atoms with Gasteiger partial charge in [0.25, 0.3) is 0 Å². The predicted octanol–water partition coefficient (Wildman–Crippen LogP) is 4.23. The highest BCUT2D eigenvalue weighted by Crippen LogP contribution is 2.24. The highest BCUT2D eigenvalue weighted by atomic mass is 35.5. The lowest BCUT2D eigenvalue weighted by atomic mass is 10.2. The Kier molecular flexibility index (Phi) is 5.03. The van der Waals surface area contributed by atoms with Gasteiger partial charge in [0.2, 0.25) is 5.91 Å².